The van der Waals surface area contributed by atoms with E-state index < -0.39 is 0 Å². The highest BCUT2D eigenvalue weighted by molar-refractivity contribution is 6.10. The molecule has 0 aliphatic carbocycles. The van der Waals surface area contributed by atoms with Crippen LogP contribution in [0.5, 0.6) is 0 Å². The normalized spacial score (nSPS) is 10.4. The molecule has 1 amide bonds. The van der Waals surface area contributed by atoms with Crippen molar-refractivity contribution >= 4 is 17.4 Å². The summed E-state index contributed by atoms with van der Waals surface area (Å²) in [5, 5.41) is 2.89. The van der Waals surface area contributed by atoms with Crippen molar-refractivity contribution in [2.45, 2.75) is 20.3 Å². The van der Waals surface area contributed by atoms with Crippen LogP contribution >= 0.6 is 0 Å². The van der Waals surface area contributed by atoms with E-state index in [4.69, 9.17) is 0 Å². The minimum Gasteiger partial charge on any atom is -0.321 e. The summed E-state index contributed by atoms with van der Waals surface area (Å²) < 4.78 is 0. The van der Waals surface area contributed by atoms with E-state index in [0.29, 0.717) is 23.2 Å². The summed E-state index contributed by atoms with van der Waals surface area (Å²) in [5.74, 6) is -0.227. The SMILES string of the molecule is Cc1cccc(CC(=O)c2ccccc2NC(=O)c2ccccc2C)c1. The number of hydrogen-bond donors (Lipinski definition) is 1. The lowest BCUT2D eigenvalue weighted by atomic mass is 10.00. The Morgan fingerprint density at radius 1 is 0.808 bits per heavy atom. The minimum atomic E-state index is -0.209. The minimum absolute atomic E-state index is 0.0173. The molecule has 3 nitrogen and oxygen atoms in total. The van der Waals surface area contributed by atoms with Gasteiger partial charge in [-0.1, -0.05) is 60.2 Å². The Hall–Kier alpha value is -3.20. The first-order valence-electron chi connectivity index (χ1n) is 8.59. The van der Waals surface area contributed by atoms with E-state index in [9.17, 15) is 9.59 Å². The van der Waals surface area contributed by atoms with E-state index in [-0.39, 0.29) is 11.7 Å². The van der Waals surface area contributed by atoms with Gasteiger partial charge in [0.25, 0.3) is 5.91 Å². The second-order valence-electron chi connectivity index (χ2n) is 6.40. The number of Topliss-reactive ketones (excluding diaryl/α,β-unsaturated/α-hetero) is 1. The third-order valence-corrected chi connectivity index (χ3v) is 4.31. The molecule has 0 bridgehead atoms. The fourth-order valence-corrected chi connectivity index (χ4v) is 2.96. The highest BCUT2D eigenvalue weighted by atomic mass is 16.1. The molecule has 0 radical (unpaired) electrons. The summed E-state index contributed by atoms with van der Waals surface area (Å²) in [7, 11) is 0. The number of ketones is 1. The zero-order valence-electron chi connectivity index (χ0n) is 15.0. The molecule has 0 heterocycles. The Kier molecular flexibility index (Phi) is 5.28. The maximum absolute atomic E-state index is 12.8. The second kappa shape index (κ2) is 7.79. The number of carbonyl (C=O) groups is 2. The third kappa shape index (κ3) is 4.06. The number of nitrogens with one attached hydrogen (secondary N) is 1. The van der Waals surface area contributed by atoms with Crippen LogP contribution in [0, 0.1) is 13.8 Å². The first kappa shape index (κ1) is 17.6. The molecule has 130 valence electrons. The van der Waals surface area contributed by atoms with Gasteiger partial charge in [-0.25, -0.2) is 0 Å². The van der Waals surface area contributed by atoms with Gasteiger partial charge in [0, 0.05) is 17.5 Å². The van der Waals surface area contributed by atoms with Gasteiger partial charge in [-0.3, -0.25) is 9.59 Å². The van der Waals surface area contributed by atoms with Crippen molar-refractivity contribution in [2.24, 2.45) is 0 Å². The molecule has 0 unspecified atom stereocenters. The van der Waals surface area contributed by atoms with Gasteiger partial charge in [-0.2, -0.15) is 0 Å². The van der Waals surface area contributed by atoms with Crippen molar-refractivity contribution in [3.63, 3.8) is 0 Å². The average Bonchev–Trinajstić information content (AvgIpc) is 2.62. The standard InChI is InChI=1S/C23H21NO2/c1-16-8-7-10-18(14-16)15-22(25)20-12-5-6-13-21(20)24-23(26)19-11-4-3-9-17(19)2/h3-14H,15H2,1-2H3,(H,24,26). The van der Waals surface area contributed by atoms with Crippen LogP contribution in [-0.2, 0) is 6.42 Å². The summed E-state index contributed by atoms with van der Waals surface area (Å²) in [6.45, 7) is 3.90. The topological polar surface area (TPSA) is 46.2 Å². The number of para-hydroxylation sites is 1. The Labute approximate surface area is 153 Å². The van der Waals surface area contributed by atoms with Gasteiger partial charge < -0.3 is 5.32 Å². The maximum Gasteiger partial charge on any atom is 0.255 e. The van der Waals surface area contributed by atoms with Gasteiger partial charge in [0.15, 0.2) is 5.78 Å². The Morgan fingerprint density at radius 2 is 1.50 bits per heavy atom. The molecule has 0 spiro atoms. The van der Waals surface area contributed by atoms with Crippen molar-refractivity contribution in [1.82, 2.24) is 0 Å². The number of aryl methyl sites for hydroxylation is 2. The molecule has 0 saturated carbocycles. The number of hydrogen-bond acceptors (Lipinski definition) is 2. The van der Waals surface area contributed by atoms with Crippen molar-refractivity contribution in [3.05, 3.63) is 101 Å². The molecule has 1 N–H and O–H groups in total. The van der Waals surface area contributed by atoms with E-state index >= 15 is 0 Å². The van der Waals surface area contributed by atoms with Crippen molar-refractivity contribution in [1.29, 1.82) is 0 Å². The quantitative estimate of drug-likeness (QED) is 0.664. The predicted molar refractivity (Wildman–Crippen MR) is 105 cm³/mol. The van der Waals surface area contributed by atoms with Gasteiger partial charge in [0.05, 0.1) is 5.69 Å². The lowest BCUT2D eigenvalue weighted by Crippen LogP contribution is -2.16. The number of rotatable bonds is 5. The van der Waals surface area contributed by atoms with Crippen molar-refractivity contribution in [2.75, 3.05) is 5.32 Å². The van der Waals surface area contributed by atoms with Gasteiger partial charge >= 0.3 is 0 Å². The van der Waals surface area contributed by atoms with E-state index in [1.165, 1.54) is 0 Å². The predicted octanol–water partition coefficient (Wildman–Crippen LogP) is 4.98. The molecule has 0 aromatic heterocycles. The number of anilines is 1. The number of carbonyl (C=O) groups excluding carboxylic acids is 2. The van der Waals surface area contributed by atoms with Crippen LogP contribution in [0.25, 0.3) is 0 Å². The van der Waals surface area contributed by atoms with Crippen molar-refractivity contribution in [3.8, 4) is 0 Å². The average molecular weight is 343 g/mol. The lowest BCUT2D eigenvalue weighted by molar-refractivity contribution is 0.0994. The molecule has 0 fully saturated rings. The molecular weight excluding hydrogens is 322 g/mol. The molecule has 26 heavy (non-hydrogen) atoms. The third-order valence-electron chi connectivity index (χ3n) is 4.31. The lowest BCUT2D eigenvalue weighted by Gasteiger charge is -2.12. The van der Waals surface area contributed by atoms with Crippen LogP contribution in [0.4, 0.5) is 5.69 Å². The van der Waals surface area contributed by atoms with E-state index in [1.54, 1.807) is 18.2 Å². The van der Waals surface area contributed by atoms with E-state index in [1.807, 2.05) is 68.4 Å². The Morgan fingerprint density at radius 3 is 2.23 bits per heavy atom. The monoisotopic (exact) mass is 343 g/mol. The second-order valence-corrected chi connectivity index (χ2v) is 6.40. The van der Waals surface area contributed by atoms with Crippen LogP contribution in [0.1, 0.15) is 37.4 Å². The summed E-state index contributed by atoms with van der Waals surface area (Å²) in [6.07, 6.45) is 0.304. The van der Waals surface area contributed by atoms with Crippen molar-refractivity contribution < 1.29 is 9.59 Å². The van der Waals surface area contributed by atoms with Crippen LogP contribution < -0.4 is 5.32 Å². The first-order chi connectivity index (χ1) is 12.5. The Bertz CT molecular complexity index is 960. The Balaban J connectivity index is 1.83. The summed E-state index contributed by atoms with van der Waals surface area (Å²) in [4.78, 5) is 25.4. The van der Waals surface area contributed by atoms with Gasteiger partial charge in [0.2, 0.25) is 0 Å². The van der Waals surface area contributed by atoms with Gasteiger partial charge in [-0.05, 0) is 43.2 Å². The fraction of sp³-hybridized carbons (Fsp3) is 0.130. The van der Waals surface area contributed by atoms with Crippen LogP contribution in [0.3, 0.4) is 0 Å². The molecule has 3 aromatic carbocycles. The maximum atomic E-state index is 12.8. The molecule has 3 aromatic rings. The molecule has 0 aliphatic heterocycles. The molecule has 3 heteroatoms. The van der Waals surface area contributed by atoms with Crippen LogP contribution in [0.2, 0.25) is 0 Å². The highest BCUT2D eigenvalue weighted by Crippen LogP contribution is 2.20. The highest BCUT2D eigenvalue weighted by Gasteiger charge is 2.15. The number of amides is 1. The van der Waals surface area contributed by atoms with Gasteiger partial charge in [0.1, 0.15) is 0 Å². The first-order valence-corrected chi connectivity index (χ1v) is 8.59. The van der Waals surface area contributed by atoms with Gasteiger partial charge in [-0.15, -0.1) is 0 Å². The zero-order valence-corrected chi connectivity index (χ0v) is 15.0. The summed E-state index contributed by atoms with van der Waals surface area (Å²) in [5.41, 5.74) is 4.66. The smallest absolute Gasteiger partial charge is 0.255 e. The fourth-order valence-electron chi connectivity index (χ4n) is 2.96. The molecule has 3 rings (SSSR count). The molecule has 0 aliphatic rings. The van der Waals surface area contributed by atoms with Crippen LogP contribution in [-0.4, -0.2) is 11.7 Å². The molecule has 0 atom stereocenters. The largest absolute Gasteiger partial charge is 0.321 e. The number of benzene rings is 3. The van der Waals surface area contributed by atoms with E-state index in [0.717, 1.165) is 16.7 Å². The molecular formula is C23H21NO2. The molecule has 0 saturated heterocycles. The zero-order chi connectivity index (χ0) is 18.5. The summed E-state index contributed by atoms with van der Waals surface area (Å²) in [6, 6.07) is 22.4. The summed E-state index contributed by atoms with van der Waals surface area (Å²) >= 11 is 0. The van der Waals surface area contributed by atoms with Crippen LogP contribution in [0.15, 0.2) is 72.8 Å². The van der Waals surface area contributed by atoms with E-state index in [2.05, 4.69) is 5.32 Å².